The number of rotatable bonds is 2. The minimum Gasteiger partial charge on any atom is -0.378 e. The van der Waals surface area contributed by atoms with Crippen molar-refractivity contribution < 1.29 is 4.74 Å². The zero-order chi connectivity index (χ0) is 11.5. The van der Waals surface area contributed by atoms with Crippen LogP contribution in [0.5, 0.6) is 0 Å². The smallest absolute Gasteiger partial charge is 0.125 e. The van der Waals surface area contributed by atoms with Gasteiger partial charge in [0.1, 0.15) is 5.82 Å². The average Bonchev–Trinajstić information content (AvgIpc) is 2.29. The van der Waals surface area contributed by atoms with Crippen molar-refractivity contribution in [3.05, 3.63) is 23.3 Å². The molecule has 1 fully saturated rings. The van der Waals surface area contributed by atoms with Gasteiger partial charge in [0.15, 0.2) is 0 Å². The van der Waals surface area contributed by atoms with Gasteiger partial charge in [-0.2, -0.15) is 0 Å². The van der Waals surface area contributed by atoms with E-state index in [1.54, 1.807) is 0 Å². The molecule has 1 atom stereocenters. The molecule has 4 heteroatoms. The number of ether oxygens (including phenoxy) is 1. The SMILES string of the molecule is Cc1ncc(C(C)C)c(C2COCCN2)n1. The lowest BCUT2D eigenvalue weighted by molar-refractivity contribution is 0.0751. The Hall–Kier alpha value is -1.00. The van der Waals surface area contributed by atoms with E-state index < -0.39 is 0 Å². The maximum atomic E-state index is 5.49. The second-order valence-corrected chi connectivity index (χ2v) is 4.49. The maximum Gasteiger partial charge on any atom is 0.125 e. The molecule has 1 aromatic rings. The van der Waals surface area contributed by atoms with Crippen LogP contribution in [0.3, 0.4) is 0 Å². The van der Waals surface area contributed by atoms with E-state index in [4.69, 9.17) is 4.74 Å². The normalized spacial score (nSPS) is 21.4. The Morgan fingerprint density at radius 2 is 2.31 bits per heavy atom. The van der Waals surface area contributed by atoms with Gasteiger partial charge in [0.05, 0.1) is 24.9 Å². The molecular formula is C12H19N3O. The molecule has 0 saturated carbocycles. The molecule has 0 amide bonds. The summed E-state index contributed by atoms with van der Waals surface area (Å²) in [5.41, 5.74) is 2.32. The van der Waals surface area contributed by atoms with Gasteiger partial charge in [-0.1, -0.05) is 13.8 Å². The predicted octanol–water partition coefficient (Wildman–Crippen LogP) is 1.57. The Balaban J connectivity index is 2.32. The molecule has 1 unspecified atom stereocenters. The van der Waals surface area contributed by atoms with Gasteiger partial charge < -0.3 is 10.1 Å². The van der Waals surface area contributed by atoms with Crippen LogP contribution in [0.4, 0.5) is 0 Å². The standard InChI is InChI=1S/C12H19N3O/c1-8(2)10-6-14-9(3)15-12(10)11-7-16-5-4-13-11/h6,8,11,13H,4-5,7H2,1-3H3. The number of nitrogens with one attached hydrogen (secondary N) is 1. The van der Waals surface area contributed by atoms with Crippen molar-refractivity contribution >= 4 is 0 Å². The van der Waals surface area contributed by atoms with Gasteiger partial charge in [0, 0.05) is 12.7 Å². The monoisotopic (exact) mass is 221 g/mol. The first-order chi connectivity index (χ1) is 7.68. The maximum absolute atomic E-state index is 5.49. The topological polar surface area (TPSA) is 47.0 Å². The number of hydrogen-bond acceptors (Lipinski definition) is 4. The lowest BCUT2D eigenvalue weighted by Gasteiger charge is -2.26. The summed E-state index contributed by atoms with van der Waals surface area (Å²) in [5.74, 6) is 1.27. The summed E-state index contributed by atoms with van der Waals surface area (Å²) in [5, 5.41) is 3.44. The van der Waals surface area contributed by atoms with E-state index in [-0.39, 0.29) is 6.04 Å². The molecule has 16 heavy (non-hydrogen) atoms. The van der Waals surface area contributed by atoms with Crippen molar-refractivity contribution in [3.63, 3.8) is 0 Å². The highest BCUT2D eigenvalue weighted by Crippen LogP contribution is 2.23. The van der Waals surface area contributed by atoms with Crippen molar-refractivity contribution in [2.24, 2.45) is 0 Å². The molecule has 0 bridgehead atoms. The zero-order valence-corrected chi connectivity index (χ0v) is 10.2. The average molecular weight is 221 g/mol. The first-order valence-corrected chi connectivity index (χ1v) is 5.83. The fourth-order valence-electron chi connectivity index (χ4n) is 1.96. The van der Waals surface area contributed by atoms with Gasteiger partial charge in [0.2, 0.25) is 0 Å². The highest BCUT2D eigenvalue weighted by Gasteiger charge is 2.21. The third kappa shape index (κ3) is 2.39. The Labute approximate surface area is 96.4 Å². The Morgan fingerprint density at radius 1 is 1.50 bits per heavy atom. The van der Waals surface area contributed by atoms with E-state index in [0.29, 0.717) is 12.5 Å². The summed E-state index contributed by atoms with van der Waals surface area (Å²) in [7, 11) is 0. The number of aryl methyl sites for hydroxylation is 1. The number of morpholine rings is 1. The molecule has 1 aliphatic rings. The van der Waals surface area contributed by atoms with Gasteiger partial charge in [-0.25, -0.2) is 9.97 Å². The molecule has 0 aliphatic carbocycles. The van der Waals surface area contributed by atoms with Gasteiger partial charge in [-0.15, -0.1) is 0 Å². The van der Waals surface area contributed by atoms with Crippen molar-refractivity contribution in [3.8, 4) is 0 Å². The summed E-state index contributed by atoms with van der Waals surface area (Å²) in [6.45, 7) is 8.65. The van der Waals surface area contributed by atoms with Crippen LogP contribution in [0.2, 0.25) is 0 Å². The molecule has 4 nitrogen and oxygen atoms in total. The van der Waals surface area contributed by atoms with Crippen LogP contribution >= 0.6 is 0 Å². The summed E-state index contributed by atoms with van der Waals surface area (Å²) < 4.78 is 5.49. The highest BCUT2D eigenvalue weighted by molar-refractivity contribution is 5.24. The molecule has 2 heterocycles. The van der Waals surface area contributed by atoms with Gasteiger partial charge >= 0.3 is 0 Å². The first-order valence-electron chi connectivity index (χ1n) is 5.83. The van der Waals surface area contributed by atoms with Crippen molar-refractivity contribution in [1.82, 2.24) is 15.3 Å². The van der Waals surface area contributed by atoms with Crippen LogP contribution < -0.4 is 5.32 Å². The fraction of sp³-hybridized carbons (Fsp3) is 0.667. The van der Waals surface area contributed by atoms with Crippen LogP contribution in [0, 0.1) is 6.92 Å². The summed E-state index contributed by atoms with van der Waals surface area (Å²) in [4.78, 5) is 8.84. The quantitative estimate of drug-likeness (QED) is 0.823. The summed E-state index contributed by atoms with van der Waals surface area (Å²) >= 11 is 0. The Morgan fingerprint density at radius 3 is 2.94 bits per heavy atom. The lowest BCUT2D eigenvalue weighted by atomic mass is 9.99. The molecule has 1 aromatic heterocycles. The summed E-state index contributed by atoms with van der Waals surface area (Å²) in [6.07, 6.45) is 1.94. The first kappa shape index (κ1) is 11.5. The molecule has 1 aliphatic heterocycles. The molecule has 1 N–H and O–H groups in total. The van der Waals surface area contributed by atoms with Crippen molar-refractivity contribution in [2.75, 3.05) is 19.8 Å². The Bertz CT molecular complexity index is 359. The molecule has 88 valence electrons. The number of hydrogen-bond donors (Lipinski definition) is 1. The van der Waals surface area contributed by atoms with Gasteiger partial charge in [0.25, 0.3) is 0 Å². The molecule has 0 spiro atoms. The minimum atomic E-state index is 0.216. The van der Waals surface area contributed by atoms with Crippen LogP contribution in [0.25, 0.3) is 0 Å². The summed E-state index contributed by atoms with van der Waals surface area (Å²) in [6, 6.07) is 0.216. The van der Waals surface area contributed by atoms with Crippen molar-refractivity contribution in [2.45, 2.75) is 32.7 Å². The van der Waals surface area contributed by atoms with Crippen LogP contribution in [0.1, 0.15) is 42.9 Å². The van der Waals surface area contributed by atoms with Crippen LogP contribution in [-0.4, -0.2) is 29.7 Å². The molecule has 0 aromatic carbocycles. The molecule has 0 radical (unpaired) electrons. The highest BCUT2D eigenvalue weighted by atomic mass is 16.5. The van der Waals surface area contributed by atoms with E-state index in [0.717, 1.165) is 24.7 Å². The molecular weight excluding hydrogens is 202 g/mol. The van der Waals surface area contributed by atoms with E-state index in [2.05, 4.69) is 29.1 Å². The van der Waals surface area contributed by atoms with Crippen molar-refractivity contribution in [1.29, 1.82) is 0 Å². The largest absolute Gasteiger partial charge is 0.378 e. The lowest BCUT2D eigenvalue weighted by Crippen LogP contribution is -2.36. The van der Waals surface area contributed by atoms with E-state index in [9.17, 15) is 0 Å². The van der Waals surface area contributed by atoms with Crippen LogP contribution in [0.15, 0.2) is 6.20 Å². The van der Waals surface area contributed by atoms with E-state index in [1.807, 2.05) is 13.1 Å². The zero-order valence-electron chi connectivity index (χ0n) is 10.2. The van der Waals surface area contributed by atoms with Crippen LogP contribution in [-0.2, 0) is 4.74 Å². The Kier molecular flexibility index (Phi) is 3.51. The molecule has 1 saturated heterocycles. The van der Waals surface area contributed by atoms with Gasteiger partial charge in [-0.05, 0) is 18.4 Å². The predicted molar refractivity (Wildman–Crippen MR) is 62.4 cm³/mol. The minimum absolute atomic E-state index is 0.216. The third-order valence-corrected chi connectivity index (χ3v) is 2.84. The fourth-order valence-corrected chi connectivity index (χ4v) is 1.96. The number of aromatic nitrogens is 2. The molecule has 2 rings (SSSR count). The van der Waals surface area contributed by atoms with E-state index >= 15 is 0 Å². The van der Waals surface area contributed by atoms with E-state index in [1.165, 1.54) is 5.56 Å². The second-order valence-electron chi connectivity index (χ2n) is 4.49. The second kappa shape index (κ2) is 4.89. The third-order valence-electron chi connectivity index (χ3n) is 2.84. The van der Waals surface area contributed by atoms with Gasteiger partial charge in [-0.3, -0.25) is 0 Å². The number of nitrogens with zero attached hydrogens (tertiary/aromatic N) is 2.